The molecule has 0 unspecified atom stereocenters. The van der Waals surface area contributed by atoms with E-state index in [0.29, 0.717) is 43.3 Å². The number of anilines is 1. The van der Waals surface area contributed by atoms with Crippen molar-refractivity contribution in [1.82, 2.24) is 14.8 Å². The van der Waals surface area contributed by atoms with E-state index in [1.165, 1.54) is 6.20 Å². The molecule has 0 atom stereocenters. The van der Waals surface area contributed by atoms with Gasteiger partial charge in [-0.2, -0.15) is 0 Å². The Balaban J connectivity index is 1.34. The fourth-order valence-electron chi connectivity index (χ4n) is 4.39. The van der Waals surface area contributed by atoms with Crippen LogP contribution < -0.4 is 5.32 Å². The lowest BCUT2D eigenvalue weighted by atomic mass is 9.95. The second kappa shape index (κ2) is 11.3. The molecule has 1 aliphatic heterocycles. The van der Waals surface area contributed by atoms with Crippen molar-refractivity contribution >= 4 is 29.2 Å². The van der Waals surface area contributed by atoms with Gasteiger partial charge in [-0.3, -0.25) is 14.5 Å². The van der Waals surface area contributed by atoms with E-state index >= 15 is 0 Å². The minimum atomic E-state index is -0.148. The zero-order chi connectivity index (χ0) is 23.9. The smallest absolute Gasteiger partial charge is 0.237 e. The number of hydrogen-bond acceptors (Lipinski definition) is 4. The Labute approximate surface area is 205 Å². The molecule has 2 amide bonds. The van der Waals surface area contributed by atoms with Crippen molar-refractivity contribution in [3.05, 3.63) is 95.1 Å². The highest BCUT2D eigenvalue weighted by Gasteiger charge is 2.29. The summed E-state index contributed by atoms with van der Waals surface area (Å²) in [7, 11) is 1.87. The lowest BCUT2D eigenvalue weighted by Gasteiger charge is -2.34. The summed E-state index contributed by atoms with van der Waals surface area (Å²) < 4.78 is 0. The predicted molar refractivity (Wildman–Crippen MR) is 135 cm³/mol. The molecule has 1 aromatic heterocycles. The molecule has 1 saturated heterocycles. The number of halogens is 1. The normalized spacial score (nSPS) is 14.7. The minimum Gasteiger partial charge on any atom is -0.334 e. The molecule has 2 heterocycles. The lowest BCUT2D eigenvalue weighted by molar-refractivity contribution is -0.133. The Hall–Kier alpha value is -3.22. The molecule has 1 N–H and O–H groups in total. The third-order valence-corrected chi connectivity index (χ3v) is 6.53. The number of nitrogens with one attached hydrogen (secondary N) is 1. The molecule has 176 valence electrons. The van der Waals surface area contributed by atoms with Crippen LogP contribution in [0, 0.1) is 5.92 Å². The molecular weight excluding hydrogens is 448 g/mol. The second-order valence-corrected chi connectivity index (χ2v) is 9.07. The first-order chi connectivity index (χ1) is 16.5. The van der Waals surface area contributed by atoms with Gasteiger partial charge in [-0.1, -0.05) is 72.3 Å². The van der Waals surface area contributed by atoms with E-state index in [4.69, 9.17) is 11.6 Å². The summed E-state index contributed by atoms with van der Waals surface area (Å²) in [6, 6.07) is 23.4. The number of rotatable bonds is 7. The Morgan fingerprint density at radius 3 is 2.12 bits per heavy atom. The van der Waals surface area contributed by atoms with Crippen molar-refractivity contribution < 1.29 is 9.59 Å². The summed E-state index contributed by atoms with van der Waals surface area (Å²) in [6.07, 6.45) is 2.93. The van der Waals surface area contributed by atoms with Crippen molar-refractivity contribution in [2.24, 2.45) is 5.92 Å². The van der Waals surface area contributed by atoms with Gasteiger partial charge in [-0.05, 0) is 49.2 Å². The maximum atomic E-state index is 13.3. The molecule has 34 heavy (non-hydrogen) atoms. The van der Waals surface area contributed by atoms with Crippen LogP contribution in [0.15, 0.2) is 79.0 Å². The molecule has 0 aliphatic carbocycles. The number of likely N-dealkylation sites (N-methyl/N-ethyl adjacent to an activating group) is 1. The number of carbonyl (C=O) groups is 2. The van der Waals surface area contributed by atoms with E-state index in [-0.39, 0.29) is 23.8 Å². The summed E-state index contributed by atoms with van der Waals surface area (Å²) in [6.45, 7) is 1.74. The van der Waals surface area contributed by atoms with E-state index in [2.05, 4.69) is 39.5 Å². The highest BCUT2D eigenvalue weighted by Crippen LogP contribution is 2.28. The van der Waals surface area contributed by atoms with Gasteiger partial charge in [0.25, 0.3) is 0 Å². The molecule has 0 bridgehead atoms. The van der Waals surface area contributed by atoms with Crippen molar-refractivity contribution in [3.63, 3.8) is 0 Å². The van der Waals surface area contributed by atoms with Crippen molar-refractivity contribution in [2.45, 2.75) is 18.9 Å². The first-order valence-corrected chi connectivity index (χ1v) is 11.9. The fourth-order valence-corrected chi connectivity index (χ4v) is 4.50. The number of nitrogens with zero attached hydrogens (tertiary/aromatic N) is 3. The number of piperidine rings is 1. The number of hydrogen-bond donors (Lipinski definition) is 1. The Kier molecular flexibility index (Phi) is 7.93. The number of amides is 2. The van der Waals surface area contributed by atoms with Crippen LogP contribution >= 0.6 is 11.6 Å². The van der Waals surface area contributed by atoms with Gasteiger partial charge in [0, 0.05) is 19.2 Å². The van der Waals surface area contributed by atoms with E-state index in [1.807, 2.05) is 48.3 Å². The predicted octanol–water partition coefficient (Wildman–Crippen LogP) is 4.63. The van der Waals surface area contributed by atoms with Crippen LogP contribution in [0.1, 0.15) is 30.0 Å². The van der Waals surface area contributed by atoms with Gasteiger partial charge in [0.05, 0.1) is 17.6 Å². The fraction of sp³-hybridized carbons (Fsp3) is 0.296. The van der Waals surface area contributed by atoms with Crippen LogP contribution in [0.25, 0.3) is 0 Å². The average Bonchev–Trinajstić information content (AvgIpc) is 2.87. The zero-order valence-corrected chi connectivity index (χ0v) is 20.0. The van der Waals surface area contributed by atoms with Crippen molar-refractivity contribution in [2.75, 3.05) is 32.0 Å². The monoisotopic (exact) mass is 476 g/mol. The van der Waals surface area contributed by atoms with E-state index in [9.17, 15) is 9.59 Å². The molecule has 7 heteroatoms. The maximum Gasteiger partial charge on any atom is 0.237 e. The number of benzene rings is 2. The third kappa shape index (κ3) is 6.01. The molecule has 0 saturated carbocycles. The van der Waals surface area contributed by atoms with Gasteiger partial charge >= 0.3 is 0 Å². The van der Waals surface area contributed by atoms with E-state index < -0.39 is 0 Å². The minimum absolute atomic E-state index is 0.0360. The van der Waals surface area contributed by atoms with E-state index in [0.717, 1.165) is 11.1 Å². The maximum absolute atomic E-state index is 13.3. The standard InChI is InChI=1S/C27H29ClN4O2/c1-31(26(20-8-4-2-5-9-20)21-10-6-3-7-11-21)25(33)19-32-16-14-22(15-17-32)27(34)30-24-13-12-23(28)18-29-24/h2-13,18,22,26H,14-17,19H2,1H3,(H,29,30,34). The third-order valence-electron chi connectivity index (χ3n) is 6.31. The molecule has 2 aromatic carbocycles. The van der Waals surface area contributed by atoms with Crippen molar-refractivity contribution in [1.29, 1.82) is 0 Å². The Bertz CT molecular complexity index is 1050. The van der Waals surface area contributed by atoms with Gasteiger partial charge in [-0.15, -0.1) is 0 Å². The molecule has 1 aliphatic rings. The Morgan fingerprint density at radius 1 is 1.00 bits per heavy atom. The number of pyridine rings is 1. The topological polar surface area (TPSA) is 65.5 Å². The van der Waals surface area contributed by atoms with Crippen molar-refractivity contribution in [3.8, 4) is 0 Å². The Morgan fingerprint density at radius 2 is 1.59 bits per heavy atom. The summed E-state index contributed by atoms with van der Waals surface area (Å²) in [4.78, 5) is 34.0. The van der Waals surface area contributed by atoms with Crippen LogP contribution in [0.2, 0.25) is 5.02 Å². The van der Waals surface area contributed by atoms with Crippen LogP contribution in [0.3, 0.4) is 0 Å². The van der Waals surface area contributed by atoms with Crippen LogP contribution in [0.4, 0.5) is 5.82 Å². The van der Waals surface area contributed by atoms with Gasteiger partial charge in [0.15, 0.2) is 0 Å². The molecule has 6 nitrogen and oxygen atoms in total. The largest absolute Gasteiger partial charge is 0.334 e. The van der Waals surface area contributed by atoms with Crippen LogP contribution in [-0.4, -0.2) is 53.3 Å². The average molecular weight is 477 g/mol. The van der Waals surface area contributed by atoms with Crippen LogP contribution in [-0.2, 0) is 9.59 Å². The highest BCUT2D eigenvalue weighted by molar-refractivity contribution is 6.30. The molecule has 0 spiro atoms. The van der Waals surface area contributed by atoms with Gasteiger partial charge in [0.2, 0.25) is 11.8 Å². The summed E-state index contributed by atoms with van der Waals surface area (Å²) in [5.74, 6) is 0.432. The molecule has 1 fully saturated rings. The number of likely N-dealkylation sites (tertiary alicyclic amines) is 1. The lowest BCUT2D eigenvalue weighted by Crippen LogP contribution is -2.44. The molecule has 0 radical (unpaired) electrons. The number of aromatic nitrogens is 1. The van der Waals surface area contributed by atoms with Gasteiger partial charge in [0.1, 0.15) is 5.82 Å². The van der Waals surface area contributed by atoms with Crippen LogP contribution in [0.5, 0.6) is 0 Å². The van der Waals surface area contributed by atoms with E-state index in [1.54, 1.807) is 12.1 Å². The van der Waals surface area contributed by atoms with Gasteiger partial charge in [-0.25, -0.2) is 4.98 Å². The SMILES string of the molecule is CN(C(=O)CN1CCC(C(=O)Nc2ccc(Cl)cn2)CC1)C(c1ccccc1)c1ccccc1. The second-order valence-electron chi connectivity index (χ2n) is 8.63. The summed E-state index contributed by atoms with van der Waals surface area (Å²) in [5.41, 5.74) is 2.16. The molecule has 4 rings (SSSR count). The van der Waals surface area contributed by atoms with Gasteiger partial charge < -0.3 is 10.2 Å². The molecular formula is C27H29ClN4O2. The number of carbonyl (C=O) groups excluding carboxylic acids is 2. The first-order valence-electron chi connectivity index (χ1n) is 11.5. The zero-order valence-electron chi connectivity index (χ0n) is 19.2. The molecule has 3 aromatic rings. The first kappa shape index (κ1) is 23.9. The summed E-state index contributed by atoms with van der Waals surface area (Å²) in [5, 5.41) is 3.39. The highest BCUT2D eigenvalue weighted by atomic mass is 35.5. The summed E-state index contributed by atoms with van der Waals surface area (Å²) >= 11 is 5.85. The quantitative estimate of drug-likeness (QED) is 0.539.